The van der Waals surface area contributed by atoms with Crippen molar-refractivity contribution in [2.75, 3.05) is 22.9 Å². The summed E-state index contributed by atoms with van der Waals surface area (Å²) >= 11 is 0. The van der Waals surface area contributed by atoms with E-state index in [0.717, 1.165) is 33.4 Å². The zero-order valence-electron chi connectivity index (χ0n) is 15.9. The summed E-state index contributed by atoms with van der Waals surface area (Å²) in [5.41, 5.74) is 33.6. The van der Waals surface area contributed by atoms with Crippen LogP contribution in [-0.4, -0.2) is 0 Å². The molecule has 8 N–H and O–H groups in total. The van der Waals surface area contributed by atoms with E-state index in [1.165, 1.54) is 0 Å². The van der Waals surface area contributed by atoms with Crippen LogP contribution < -0.4 is 22.9 Å². The predicted octanol–water partition coefficient (Wildman–Crippen LogP) is 4.38. The molecule has 4 nitrogen and oxygen atoms in total. The minimum absolute atomic E-state index is 0.547. The Labute approximate surface area is 169 Å². The molecule has 1 aliphatic rings. The molecule has 0 spiro atoms. The standard InChI is InChI=1S/C25H22N4/c26-21-13-5-11-19(23(21)28)25(20-12-6-14-22(27)24(20)29)17-9-3-1-7-15(17)16-8-2-4-10-18(16)25/h1-14H,26-29H2. The van der Waals surface area contributed by atoms with Crippen LogP contribution >= 0.6 is 0 Å². The molecule has 0 bridgehead atoms. The topological polar surface area (TPSA) is 104 Å². The zero-order chi connectivity index (χ0) is 20.2. The Morgan fingerprint density at radius 1 is 0.414 bits per heavy atom. The molecule has 4 aromatic rings. The van der Waals surface area contributed by atoms with Gasteiger partial charge in [0.2, 0.25) is 0 Å². The highest BCUT2D eigenvalue weighted by atomic mass is 14.7. The number of hydrogen-bond donors (Lipinski definition) is 4. The van der Waals surface area contributed by atoms with Gasteiger partial charge in [0.25, 0.3) is 0 Å². The van der Waals surface area contributed by atoms with Gasteiger partial charge in [0, 0.05) is 0 Å². The van der Waals surface area contributed by atoms with Crippen LogP contribution in [0.1, 0.15) is 22.3 Å². The molecule has 0 unspecified atom stereocenters. The second-order valence-corrected chi connectivity index (χ2v) is 7.46. The van der Waals surface area contributed by atoms with Gasteiger partial charge >= 0.3 is 0 Å². The van der Waals surface area contributed by atoms with Gasteiger partial charge in [0.15, 0.2) is 0 Å². The molecular weight excluding hydrogens is 356 g/mol. The highest BCUT2D eigenvalue weighted by Gasteiger charge is 2.48. The van der Waals surface area contributed by atoms with Crippen LogP contribution in [-0.2, 0) is 5.41 Å². The summed E-state index contributed by atoms with van der Waals surface area (Å²) in [6, 6.07) is 28.3. The maximum absolute atomic E-state index is 6.59. The Bertz CT molecular complexity index is 1160. The average Bonchev–Trinajstić information content (AvgIpc) is 3.04. The zero-order valence-corrected chi connectivity index (χ0v) is 15.9. The van der Waals surface area contributed by atoms with Crippen LogP contribution in [0, 0.1) is 0 Å². The molecule has 4 heteroatoms. The first-order valence-electron chi connectivity index (χ1n) is 9.55. The molecule has 0 heterocycles. The van der Waals surface area contributed by atoms with Crippen LogP contribution in [0.3, 0.4) is 0 Å². The lowest BCUT2D eigenvalue weighted by atomic mass is 9.66. The van der Waals surface area contributed by atoms with E-state index in [2.05, 4.69) is 36.4 Å². The SMILES string of the molecule is Nc1cccc(C2(c3cccc(N)c3N)c3ccccc3-c3ccccc32)c1N. The summed E-state index contributed by atoms with van der Waals surface area (Å²) in [6.07, 6.45) is 0. The number of benzene rings is 4. The summed E-state index contributed by atoms with van der Waals surface area (Å²) in [4.78, 5) is 0. The van der Waals surface area contributed by atoms with Crippen LogP contribution in [0.15, 0.2) is 84.9 Å². The van der Waals surface area contributed by atoms with E-state index in [4.69, 9.17) is 22.9 Å². The lowest BCUT2D eigenvalue weighted by Gasteiger charge is -2.36. The van der Waals surface area contributed by atoms with Crippen molar-refractivity contribution in [3.05, 3.63) is 107 Å². The van der Waals surface area contributed by atoms with E-state index in [1.54, 1.807) is 0 Å². The molecule has 0 aromatic heterocycles. The van der Waals surface area contributed by atoms with Gasteiger partial charge in [-0.3, -0.25) is 0 Å². The summed E-state index contributed by atoms with van der Waals surface area (Å²) in [5.74, 6) is 0. The third kappa shape index (κ3) is 2.14. The molecule has 0 saturated carbocycles. The molecular formula is C25H22N4. The molecule has 4 aromatic carbocycles. The van der Waals surface area contributed by atoms with E-state index in [-0.39, 0.29) is 0 Å². The molecule has 0 atom stereocenters. The predicted molar refractivity (Wildman–Crippen MR) is 121 cm³/mol. The van der Waals surface area contributed by atoms with Gasteiger partial charge < -0.3 is 22.9 Å². The van der Waals surface area contributed by atoms with Crippen molar-refractivity contribution < 1.29 is 0 Å². The van der Waals surface area contributed by atoms with Crippen molar-refractivity contribution in [1.29, 1.82) is 0 Å². The average molecular weight is 378 g/mol. The molecule has 0 saturated heterocycles. The number of rotatable bonds is 2. The highest BCUT2D eigenvalue weighted by molar-refractivity contribution is 5.91. The van der Waals surface area contributed by atoms with Gasteiger partial charge in [-0.05, 0) is 45.5 Å². The van der Waals surface area contributed by atoms with Crippen LogP contribution in [0.4, 0.5) is 22.7 Å². The maximum Gasteiger partial charge on any atom is 0.0755 e. The maximum atomic E-state index is 6.59. The van der Waals surface area contributed by atoms with Crippen molar-refractivity contribution in [3.63, 3.8) is 0 Å². The second-order valence-electron chi connectivity index (χ2n) is 7.46. The first-order chi connectivity index (χ1) is 14.1. The summed E-state index contributed by atoms with van der Waals surface area (Å²) in [6.45, 7) is 0. The Kier molecular flexibility index (Phi) is 3.58. The van der Waals surface area contributed by atoms with E-state index in [0.29, 0.717) is 22.7 Å². The van der Waals surface area contributed by atoms with Crippen LogP contribution in [0.2, 0.25) is 0 Å². The number of hydrogen-bond acceptors (Lipinski definition) is 4. The Hall–Kier alpha value is -3.92. The van der Waals surface area contributed by atoms with E-state index < -0.39 is 5.41 Å². The van der Waals surface area contributed by atoms with Crippen molar-refractivity contribution >= 4 is 22.7 Å². The third-order valence-corrected chi connectivity index (χ3v) is 6.04. The van der Waals surface area contributed by atoms with Gasteiger partial charge in [0.05, 0.1) is 28.2 Å². The minimum atomic E-state index is -0.702. The molecule has 0 aliphatic heterocycles. The fraction of sp³-hybridized carbons (Fsp3) is 0.0400. The van der Waals surface area contributed by atoms with Crippen molar-refractivity contribution in [2.24, 2.45) is 0 Å². The van der Waals surface area contributed by atoms with E-state index in [9.17, 15) is 0 Å². The third-order valence-electron chi connectivity index (χ3n) is 6.04. The van der Waals surface area contributed by atoms with Gasteiger partial charge in [0.1, 0.15) is 0 Å². The molecule has 29 heavy (non-hydrogen) atoms. The number of para-hydroxylation sites is 2. The molecule has 0 amide bonds. The first-order valence-corrected chi connectivity index (χ1v) is 9.55. The number of nitrogen functional groups attached to an aromatic ring is 4. The monoisotopic (exact) mass is 378 g/mol. The number of anilines is 4. The lowest BCUT2D eigenvalue weighted by Crippen LogP contribution is -2.31. The first kappa shape index (κ1) is 17.2. The van der Waals surface area contributed by atoms with Gasteiger partial charge in [-0.15, -0.1) is 0 Å². The van der Waals surface area contributed by atoms with Crippen LogP contribution in [0.25, 0.3) is 11.1 Å². The van der Waals surface area contributed by atoms with E-state index >= 15 is 0 Å². The van der Waals surface area contributed by atoms with Gasteiger partial charge in [-0.25, -0.2) is 0 Å². The second kappa shape index (κ2) is 6.04. The number of fused-ring (bicyclic) bond motifs is 3. The normalized spacial score (nSPS) is 13.7. The lowest BCUT2D eigenvalue weighted by molar-refractivity contribution is 0.775. The Balaban J connectivity index is 2.04. The molecule has 1 aliphatic carbocycles. The van der Waals surface area contributed by atoms with Crippen LogP contribution in [0.5, 0.6) is 0 Å². The van der Waals surface area contributed by atoms with Crippen molar-refractivity contribution in [1.82, 2.24) is 0 Å². The molecule has 0 fully saturated rings. The van der Waals surface area contributed by atoms with E-state index in [1.807, 2.05) is 48.5 Å². The Morgan fingerprint density at radius 2 is 0.793 bits per heavy atom. The number of nitrogens with two attached hydrogens (primary N) is 4. The smallest absolute Gasteiger partial charge is 0.0755 e. The minimum Gasteiger partial charge on any atom is -0.397 e. The van der Waals surface area contributed by atoms with Crippen molar-refractivity contribution in [2.45, 2.75) is 5.41 Å². The summed E-state index contributed by atoms with van der Waals surface area (Å²) < 4.78 is 0. The fourth-order valence-electron chi connectivity index (χ4n) is 4.78. The van der Waals surface area contributed by atoms with Crippen molar-refractivity contribution in [3.8, 4) is 11.1 Å². The van der Waals surface area contributed by atoms with Gasteiger partial charge in [-0.1, -0.05) is 72.8 Å². The summed E-state index contributed by atoms with van der Waals surface area (Å²) in [7, 11) is 0. The molecule has 142 valence electrons. The molecule has 0 radical (unpaired) electrons. The quantitative estimate of drug-likeness (QED) is 0.342. The summed E-state index contributed by atoms with van der Waals surface area (Å²) in [5, 5.41) is 0. The highest BCUT2D eigenvalue weighted by Crippen LogP contribution is 2.58. The largest absolute Gasteiger partial charge is 0.397 e. The molecule has 5 rings (SSSR count). The fourth-order valence-corrected chi connectivity index (χ4v) is 4.78. The Morgan fingerprint density at radius 3 is 1.24 bits per heavy atom. The van der Waals surface area contributed by atoms with Gasteiger partial charge in [-0.2, -0.15) is 0 Å².